The first-order valence-electron chi connectivity index (χ1n) is 6.70. The van der Waals surface area contributed by atoms with Crippen LogP contribution in [0.3, 0.4) is 0 Å². The van der Waals surface area contributed by atoms with Crippen LogP contribution in [-0.4, -0.2) is 33.8 Å². The summed E-state index contributed by atoms with van der Waals surface area (Å²) in [6.45, 7) is 1.43. The molecule has 2 unspecified atom stereocenters. The van der Waals surface area contributed by atoms with Gasteiger partial charge < -0.3 is 15.4 Å². The molecule has 20 heavy (non-hydrogen) atoms. The zero-order valence-electron chi connectivity index (χ0n) is 11.3. The van der Waals surface area contributed by atoms with Crippen molar-refractivity contribution in [3.05, 3.63) is 23.5 Å². The van der Waals surface area contributed by atoms with Crippen LogP contribution in [0.4, 0.5) is 0 Å². The Hall–Kier alpha value is -2.11. The molecule has 1 aliphatic carbocycles. The average molecular weight is 278 g/mol. The molecule has 1 saturated carbocycles. The van der Waals surface area contributed by atoms with Crippen molar-refractivity contribution in [2.45, 2.75) is 38.6 Å². The van der Waals surface area contributed by atoms with E-state index in [1.807, 2.05) is 0 Å². The Kier molecular flexibility index (Phi) is 4.22. The first kappa shape index (κ1) is 14.3. The van der Waals surface area contributed by atoms with E-state index in [1.165, 1.54) is 19.2 Å². The number of aromatic nitrogens is 1. The van der Waals surface area contributed by atoms with Crippen LogP contribution < -0.4 is 5.32 Å². The molecule has 0 aromatic carbocycles. The largest absolute Gasteiger partial charge is 0.481 e. The maximum Gasteiger partial charge on any atom is 0.306 e. The molecule has 6 heteroatoms. The minimum Gasteiger partial charge on any atom is -0.481 e. The summed E-state index contributed by atoms with van der Waals surface area (Å²) in [5.74, 6) is -1.59. The molecule has 1 amide bonds. The Bertz CT molecular complexity index is 535. The summed E-state index contributed by atoms with van der Waals surface area (Å²) >= 11 is 0. The van der Waals surface area contributed by atoms with Gasteiger partial charge in [0.15, 0.2) is 5.78 Å². The first-order chi connectivity index (χ1) is 9.47. The second kappa shape index (κ2) is 5.90. The Morgan fingerprint density at radius 2 is 2.10 bits per heavy atom. The zero-order chi connectivity index (χ0) is 14.7. The fourth-order valence-corrected chi connectivity index (χ4v) is 2.54. The molecule has 0 radical (unpaired) electrons. The van der Waals surface area contributed by atoms with E-state index in [4.69, 9.17) is 5.11 Å². The monoisotopic (exact) mass is 278 g/mol. The van der Waals surface area contributed by atoms with Crippen molar-refractivity contribution in [2.75, 3.05) is 0 Å². The highest BCUT2D eigenvalue weighted by atomic mass is 16.4. The van der Waals surface area contributed by atoms with Gasteiger partial charge in [0.25, 0.3) is 5.91 Å². The van der Waals surface area contributed by atoms with E-state index in [0.717, 1.165) is 12.8 Å². The van der Waals surface area contributed by atoms with Crippen molar-refractivity contribution in [1.82, 2.24) is 10.3 Å². The Labute approximate surface area is 116 Å². The number of aromatic amines is 1. The van der Waals surface area contributed by atoms with Gasteiger partial charge in [-0.1, -0.05) is 6.42 Å². The number of hydrogen-bond donors (Lipinski definition) is 3. The number of carboxylic acid groups (broad SMARTS) is 1. The van der Waals surface area contributed by atoms with Gasteiger partial charge in [0.1, 0.15) is 5.69 Å². The molecule has 3 N–H and O–H groups in total. The van der Waals surface area contributed by atoms with Gasteiger partial charge in [-0.05, 0) is 32.3 Å². The lowest BCUT2D eigenvalue weighted by molar-refractivity contribution is -0.143. The molecule has 0 bridgehead atoms. The third kappa shape index (κ3) is 3.26. The molecule has 2 atom stereocenters. The molecule has 2 rings (SSSR count). The molecule has 108 valence electrons. The maximum absolute atomic E-state index is 12.0. The predicted octanol–water partition coefficient (Wildman–Crippen LogP) is 1.59. The number of hydrogen-bond acceptors (Lipinski definition) is 3. The fourth-order valence-electron chi connectivity index (χ4n) is 2.54. The molecular formula is C14H18N2O4. The van der Waals surface area contributed by atoms with Gasteiger partial charge in [-0.15, -0.1) is 0 Å². The highest BCUT2D eigenvalue weighted by Gasteiger charge is 2.28. The lowest BCUT2D eigenvalue weighted by Gasteiger charge is -2.27. The highest BCUT2D eigenvalue weighted by molar-refractivity contribution is 5.99. The quantitative estimate of drug-likeness (QED) is 0.728. The topological polar surface area (TPSA) is 99.3 Å². The van der Waals surface area contributed by atoms with Gasteiger partial charge in [0, 0.05) is 17.8 Å². The summed E-state index contributed by atoms with van der Waals surface area (Å²) in [5.41, 5.74) is 0.787. The van der Waals surface area contributed by atoms with Crippen LogP contribution in [0.1, 0.15) is 53.5 Å². The molecule has 1 aromatic rings. The van der Waals surface area contributed by atoms with Crippen molar-refractivity contribution in [1.29, 1.82) is 0 Å². The average Bonchev–Trinajstić information content (AvgIpc) is 2.88. The predicted molar refractivity (Wildman–Crippen MR) is 71.6 cm³/mol. The van der Waals surface area contributed by atoms with Gasteiger partial charge >= 0.3 is 5.97 Å². The normalized spacial score (nSPS) is 22.2. The Morgan fingerprint density at radius 3 is 2.70 bits per heavy atom. The third-order valence-corrected chi connectivity index (χ3v) is 3.69. The number of aliphatic carboxylic acids is 1. The summed E-state index contributed by atoms with van der Waals surface area (Å²) in [5, 5.41) is 11.8. The van der Waals surface area contributed by atoms with Crippen LogP contribution in [0.25, 0.3) is 0 Å². The number of Topliss-reactive ketones (excluding diaryl/α,β-unsaturated/α-hetero) is 1. The number of rotatable bonds is 4. The van der Waals surface area contributed by atoms with Crippen LogP contribution in [0.2, 0.25) is 0 Å². The lowest BCUT2D eigenvalue weighted by atomic mass is 9.86. The smallest absolute Gasteiger partial charge is 0.306 e. The molecule has 6 nitrogen and oxygen atoms in total. The van der Waals surface area contributed by atoms with E-state index in [0.29, 0.717) is 24.1 Å². The summed E-state index contributed by atoms with van der Waals surface area (Å²) in [4.78, 5) is 36.9. The van der Waals surface area contributed by atoms with E-state index in [-0.39, 0.29) is 23.7 Å². The Balaban J connectivity index is 1.96. The number of carbonyl (C=O) groups is 3. The number of nitrogens with one attached hydrogen (secondary N) is 2. The summed E-state index contributed by atoms with van der Waals surface area (Å²) in [7, 11) is 0. The van der Waals surface area contributed by atoms with Gasteiger partial charge in [0.05, 0.1) is 5.92 Å². The second-order valence-corrected chi connectivity index (χ2v) is 5.23. The number of amides is 1. The van der Waals surface area contributed by atoms with Crippen molar-refractivity contribution >= 4 is 17.7 Å². The van der Waals surface area contributed by atoms with Gasteiger partial charge in [0.2, 0.25) is 0 Å². The standard InChI is InChI=1S/C14H18N2O4/c1-8(17)10-6-12(15-7-10)13(18)16-11-4-2-3-9(5-11)14(19)20/h6-7,9,11,15H,2-5H2,1H3,(H,16,18)(H,19,20). The van der Waals surface area contributed by atoms with Crippen LogP contribution in [0.5, 0.6) is 0 Å². The molecule has 1 aromatic heterocycles. The summed E-state index contributed by atoms with van der Waals surface area (Å²) in [6.07, 6.45) is 4.21. The van der Waals surface area contributed by atoms with E-state index in [9.17, 15) is 14.4 Å². The van der Waals surface area contributed by atoms with E-state index in [2.05, 4.69) is 10.3 Å². The highest BCUT2D eigenvalue weighted by Crippen LogP contribution is 2.24. The van der Waals surface area contributed by atoms with Gasteiger partial charge in [-0.3, -0.25) is 14.4 Å². The van der Waals surface area contributed by atoms with Crippen molar-refractivity contribution in [3.8, 4) is 0 Å². The van der Waals surface area contributed by atoms with Crippen molar-refractivity contribution < 1.29 is 19.5 Å². The molecule has 0 aliphatic heterocycles. The van der Waals surface area contributed by atoms with E-state index in [1.54, 1.807) is 0 Å². The number of H-pyrrole nitrogens is 1. The van der Waals surface area contributed by atoms with Gasteiger partial charge in [-0.25, -0.2) is 0 Å². The van der Waals surface area contributed by atoms with Crippen LogP contribution in [0, 0.1) is 5.92 Å². The zero-order valence-corrected chi connectivity index (χ0v) is 11.3. The Morgan fingerprint density at radius 1 is 1.35 bits per heavy atom. The van der Waals surface area contributed by atoms with E-state index >= 15 is 0 Å². The molecule has 1 heterocycles. The van der Waals surface area contributed by atoms with Crippen LogP contribution >= 0.6 is 0 Å². The minimum absolute atomic E-state index is 0.107. The van der Waals surface area contributed by atoms with Crippen molar-refractivity contribution in [3.63, 3.8) is 0 Å². The third-order valence-electron chi connectivity index (χ3n) is 3.69. The molecule has 0 spiro atoms. The van der Waals surface area contributed by atoms with Crippen LogP contribution in [0.15, 0.2) is 12.3 Å². The fraction of sp³-hybridized carbons (Fsp3) is 0.500. The minimum atomic E-state index is -0.803. The number of ketones is 1. The maximum atomic E-state index is 12.0. The lowest BCUT2D eigenvalue weighted by Crippen LogP contribution is -2.40. The molecule has 1 fully saturated rings. The molecule has 1 aliphatic rings. The number of carbonyl (C=O) groups excluding carboxylic acids is 2. The SMILES string of the molecule is CC(=O)c1c[nH]c(C(=O)NC2CCCC(C(=O)O)C2)c1. The van der Waals surface area contributed by atoms with Gasteiger partial charge in [-0.2, -0.15) is 0 Å². The van der Waals surface area contributed by atoms with Crippen molar-refractivity contribution in [2.24, 2.45) is 5.92 Å². The van der Waals surface area contributed by atoms with E-state index < -0.39 is 5.97 Å². The number of carboxylic acids is 1. The van der Waals surface area contributed by atoms with Crippen LogP contribution in [-0.2, 0) is 4.79 Å². The molecular weight excluding hydrogens is 260 g/mol. The second-order valence-electron chi connectivity index (χ2n) is 5.23. The molecule has 0 saturated heterocycles. The first-order valence-corrected chi connectivity index (χ1v) is 6.70. The summed E-state index contributed by atoms with van der Waals surface area (Å²) in [6, 6.07) is 1.39. The summed E-state index contributed by atoms with van der Waals surface area (Å²) < 4.78 is 0.